The molecule has 1 fully saturated rings. The van der Waals surface area contributed by atoms with E-state index in [4.69, 9.17) is 4.74 Å². The van der Waals surface area contributed by atoms with Crippen LogP contribution >= 0.6 is 23.7 Å². The molecule has 16 heavy (non-hydrogen) atoms. The van der Waals surface area contributed by atoms with Gasteiger partial charge in [-0.3, -0.25) is 10.1 Å². The Morgan fingerprint density at radius 3 is 3.00 bits per heavy atom. The Morgan fingerprint density at radius 1 is 1.75 bits per heavy atom. The highest BCUT2D eigenvalue weighted by molar-refractivity contribution is 7.15. The second-order valence-electron chi connectivity index (χ2n) is 3.42. The SMILES string of the molecule is Cc1cnc(NC(=O)COC2CNC2)s1.Cl. The second kappa shape index (κ2) is 6.15. The number of anilines is 1. The standard InChI is InChI=1S/C9H13N3O2S.ClH/c1-6-2-11-9(15-6)12-8(13)5-14-7-3-10-4-7;/h2,7,10H,3-5H2,1H3,(H,11,12,13);1H. The van der Waals surface area contributed by atoms with Crippen molar-refractivity contribution in [3.63, 3.8) is 0 Å². The van der Waals surface area contributed by atoms with E-state index in [0.29, 0.717) is 5.13 Å². The maximum absolute atomic E-state index is 11.4. The zero-order valence-electron chi connectivity index (χ0n) is 8.86. The lowest BCUT2D eigenvalue weighted by Gasteiger charge is -2.26. The third-order valence-electron chi connectivity index (χ3n) is 2.06. The van der Waals surface area contributed by atoms with Gasteiger partial charge in [0.05, 0.1) is 6.10 Å². The average molecular weight is 264 g/mol. The summed E-state index contributed by atoms with van der Waals surface area (Å²) in [6.07, 6.45) is 1.92. The van der Waals surface area contributed by atoms with Crippen LogP contribution in [0.3, 0.4) is 0 Å². The van der Waals surface area contributed by atoms with Gasteiger partial charge >= 0.3 is 0 Å². The first-order valence-electron chi connectivity index (χ1n) is 4.78. The molecule has 0 spiro atoms. The van der Waals surface area contributed by atoms with Crippen LogP contribution in [0.1, 0.15) is 4.88 Å². The number of ether oxygens (including phenoxy) is 1. The first-order valence-corrected chi connectivity index (χ1v) is 5.60. The Labute approximate surface area is 104 Å². The van der Waals surface area contributed by atoms with Gasteiger partial charge in [0.25, 0.3) is 5.91 Å². The molecule has 0 aliphatic carbocycles. The maximum Gasteiger partial charge on any atom is 0.252 e. The van der Waals surface area contributed by atoms with E-state index >= 15 is 0 Å². The quantitative estimate of drug-likeness (QED) is 0.844. The Bertz CT molecular complexity index is 354. The molecule has 90 valence electrons. The summed E-state index contributed by atoms with van der Waals surface area (Å²) in [5.74, 6) is -0.142. The monoisotopic (exact) mass is 263 g/mol. The number of aromatic nitrogens is 1. The van der Waals surface area contributed by atoms with Crippen LogP contribution in [0, 0.1) is 6.92 Å². The second-order valence-corrected chi connectivity index (χ2v) is 4.65. The molecule has 1 aliphatic heterocycles. The van der Waals surface area contributed by atoms with E-state index in [2.05, 4.69) is 15.6 Å². The Hall–Kier alpha value is -0.690. The van der Waals surface area contributed by atoms with Gasteiger partial charge in [-0.15, -0.1) is 23.7 Å². The number of hydrogen-bond acceptors (Lipinski definition) is 5. The number of carbonyl (C=O) groups excluding carboxylic acids is 1. The van der Waals surface area contributed by atoms with Gasteiger partial charge in [0.1, 0.15) is 6.61 Å². The summed E-state index contributed by atoms with van der Waals surface area (Å²) in [4.78, 5) is 16.5. The van der Waals surface area contributed by atoms with Crippen molar-refractivity contribution in [3.05, 3.63) is 11.1 Å². The molecular weight excluding hydrogens is 250 g/mol. The van der Waals surface area contributed by atoms with Crippen LogP contribution in [0.5, 0.6) is 0 Å². The zero-order chi connectivity index (χ0) is 10.7. The van der Waals surface area contributed by atoms with E-state index in [1.54, 1.807) is 6.20 Å². The highest BCUT2D eigenvalue weighted by atomic mass is 35.5. The van der Waals surface area contributed by atoms with Gasteiger partial charge in [0, 0.05) is 24.2 Å². The third kappa shape index (κ3) is 3.71. The average Bonchev–Trinajstić information content (AvgIpc) is 2.48. The number of hydrogen-bond donors (Lipinski definition) is 2. The predicted octanol–water partition coefficient (Wildman–Crippen LogP) is 0.800. The minimum atomic E-state index is -0.142. The van der Waals surface area contributed by atoms with Crippen LogP contribution < -0.4 is 10.6 Å². The smallest absolute Gasteiger partial charge is 0.252 e. The van der Waals surface area contributed by atoms with E-state index in [1.165, 1.54) is 11.3 Å². The van der Waals surface area contributed by atoms with E-state index < -0.39 is 0 Å². The minimum Gasteiger partial charge on any atom is -0.366 e. The highest BCUT2D eigenvalue weighted by Crippen LogP contribution is 2.16. The lowest BCUT2D eigenvalue weighted by Crippen LogP contribution is -2.49. The minimum absolute atomic E-state index is 0. The van der Waals surface area contributed by atoms with Gasteiger partial charge in [-0.25, -0.2) is 4.98 Å². The first-order chi connectivity index (χ1) is 7.24. The molecular formula is C9H14ClN3O2S. The summed E-state index contributed by atoms with van der Waals surface area (Å²) in [6, 6.07) is 0. The van der Waals surface area contributed by atoms with Gasteiger partial charge in [0.2, 0.25) is 0 Å². The molecule has 2 N–H and O–H groups in total. The van der Waals surface area contributed by atoms with Crippen LogP contribution in [-0.4, -0.2) is 36.7 Å². The molecule has 0 bridgehead atoms. The summed E-state index contributed by atoms with van der Waals surface area (Å²) in [5, 5.41) is 6.39. The van der Waals surface area contributed by atoms with Crippen molar-refractivity contribution >= 4 is 34.8 Å². The first kappa shape index (κ1) is 13.4. The Kier molecular flexibility index (Phi) is 5.14. The molecule has 0 aromatic carbocycles. The fourth-order valence-electron chi connectivity index (χ4n) is 1.14. The largest absolute Gasteiger partial charge is 0.366 e. The van der Waals surface area contributed by atoms with Crippen molar-refractivity contribution in [2.24, 2.45) is 0 Å². The molecule has 2 heterocycles. The fraction of sp³-hybridized carbons (Fsp3) is 0.556. The van der Waals surface area contributed by atoms with E-state index in [9.17, 15) is 4.79 Å². The van der Waals surface area contributed by atoms with Gasteiger partial charge in [-0.2, -0.15) is 0 Å². The fourth-order valence-corrected chi connectivity index (χ4v) is 1.82. The molecule has 5 nitrogen and oxygen atoms in total. The molecule has 1 aromatic rings. The number of rotatable bonds is 4. The van der Waals surface area contributed by atoms with Crippen LogP contribution in [0.2, 0.25) is 0 Å². The summed E-state index contributed by atoms with van der Waals surface area (Å²) < 4.78 is 5.32. The number of thiazole rings is 1. The molecule has 0 atom stereocenters. The predicted molar refractivity (Wildman–Crippen MR) is 65.3 cm³/mol. The molecule has 0 radical (unpaired) electrons. The molecule has 0 unspecified atom stereocenters. The highest BCUT2D eigenvalue weighted by Gasteiger charge is 2.18. The van der Waals surface area contributed by atoms with Crippen molar-refractivity contribution in [2.45, 2.75) is 13.0 Å². The topological polar surface area (TPSA) is 63.2 Å². The van der Waals surface area contributed by atoms with E-state index in [1.807, 2.05) is 6.92 Å². The lowest BCUT2D eigenvalue weighted by atomic mass is 10.2. The summed E-state index contributed by atoms with van der Waals surface area (Å²) >= 11 is 1.46. The molecule has 7 heteroatoms. The van der Waals surface area contributed by atoms with Gasteiger partial charge in [-0.05, 0) is 6.92 Å². The molecule has 2 rings (SSSR count). The van der Waals surface area contributed by atoms with Crippen molar-refractivity contribution in [1.29, 1.82) is 0 Å². The molecule has 0 saturated carbocycles. The number of amides is 1. The van der Waals surface area contributed by atoms with Gasteiger partial charge in [-0.1, -0.05) is 0 Å². The van der Waals surface area contributed by atoms with Crippen LogP contribution in [0.25, 0.3) is 0 Å². The molecule has 1 aliphatic rings. The number of halogens is 1. The lowest BCUT2D eigenvalue weighted by molar-refractivity contribution is -0.123. The summed E-state index contributed by atoms with van der Waals surface area (Å²) in [5.41, 5.74) is 0. The van der Waals surface area contributed by atoms with Crippen molar-refractivity contribution < 1.29 is 9.53 Å². The number of nitrogens with one attached hydrogen (secondary N) is 2. The van der Waals surface area contributed by atoms with Gasteiger partial charge < -0.3 is 10.1 Å². The van der Waals surface area contributed by atoms with Crippen molar-refractivity contribution in [1.82, 2.24) is 10.3 Å². The zero-order valence-corrected chi connectivity index (χ0v) is 10.5. The molecule has 1 saturated heterocycles. The van der Waals surface area contributed by atoms with Gasteiger partial charge in [0.15, 0.2) is 5.13 Å². The Morgan fingerprint density at radius 2 is 2.50 bits per heavy atom. The van der Waals surface area contributed by atoms with Crippen LogP contribution in [0.15, 0.2) is 6.20 Å². The normalized spacial score (nSPS) is 15.1. The van der Waals surface area contributed by atoms with Crippen molar-refractivity contribution in [3.8, 4) is 0 Å². The maximum atomic E-state index is 11.4. The van der Waals surface area contributed by atoms with E-state index in [0.717, 1.165) is 18.0 Å². The molecule has 1 aromatic heterocycles. The third-order valence-corrected chi connectivity index (χ3v) is 2.89. The van der Waals surface area contributed by atoms with Crippen LogP contribution in [-0.2, 0) is 9.53 Å². The number of carbonyl (C=O) groups is 1. The summed E-state index contributed by atoms with van der Waals surface area (Å²) in [6.45, 7) is 3.72. The van der Waals surface area contributed by atoms with Crippen LogP contribution in [0.4, 0.5) is 5.13 Å². The van der Waals surface area contributed by atoms with Crippen molar-refractivity contribution in [2.75, 3.05) is 25.0 Å². The number of aryl methyl sites for hydroxylation is 1. The Balaban J connectivity index is 0.00000128. The van der Waals surface area contributed by atoms with E-state index in [-0.39, 0.29) is 31.0 Å². The summed E-state index contributed by atoms with van der Waals surface area (Å²) in [7, 11) is 0. The molecule has 1 amide bonds. The number of nitrogens with zero attached hydrogens (tertiary/aromatic N) is 1.